The van der Waals surface area contributed by atoms with E-state index in [2.05, 4.69) is 0 Å². The molecule has 0 bridgehead atoms. The number of hydrogen-bond acceptors (Lipinski definition) is 4. The first-order chi connectivity index (χ1) is 11.0. The van der Waals surface area contributed by atoms with E-state index < -0.39 is 5.82 Å². The fourth-order valence-electron chi connectivity index (χ4n) is 1.92. The molecule has 0 atom stereocenters. The van der Waals surface area contributed by atoms with Crippen molar-refractivity contribution in [3.05, 3.63) is 42.2 Å². The molecule has 2 aromatic rings. The summed E-state index contributed by atoms with van der Waals surface area (Å²) >= 11 is 0. The summed E-state index contributed by atoms with van der Waals surface area (Å²) in [7, 11) is 3.08. The van der Waals surface area contributed by atoms with Gasteiger partial charge in [-0.05, 0) is 30.2 Å². The van der Waals surface area contributed by atoms with Gasteiger partial charge in [0.15, 0.2) is 23.1 Å². The van der Waals surface area contributed by atoms with Gasteiger partial charge in [-0.1, -0.05) is 13.8 Å². The van der Waals surface area contributed by atoms with Gasteiger partial charge in [0.05, 0.1) is 20.8 Å². The quantitative estimate of drug-likeness (QED) is 0.743. The maximum atomic E-state index is 14.1. The summed E-state index contributed by atoms with van der Waals surface area (Å²) in [4.78, 5) is 0. The molecule has 0 saturated carbocycles. The van der Waals surface area contributed by atoms with Gasteiger partial charge in [-0.2, -0.15) is 0 Å². The zero-order valence-corrected chi connectivity index (χ0v) is 13.8. The molecular formula is C18H21FO4. The van der Waals surface area contributed by atoms with Gasteiger partial charge in [-0.25, -0.2) is 4.39 Å². The van der Waals surface area contributed by atoms with Gasteiger partial charge >= 0.3 is 0 Å². The standard InChI is InChI=1S/C18H21FO4/c1-12(2)11-22-13-5-7-16(15(19)9-13)23-14-6-8-17(20-3)18(10-14)21-4/h5-10,12H,11H2,1-4H3. The second-order valence-electron chi connectivity index (χ2n) is 5.42. The van der Waals surface area contributed by atoms with Crippen molar-refractivity contribution in [1.29, 1.82) is 0 Å². The van der Waals surface area contributed by atoms with Gasteiger partial charge in [0, 0.05) is 12.1 Å². The van der Waals surface area contributed by atoms with Gasteiger partial charge in [-0.15, -0.1) is 0 Å². The average Bonchev–Trinajstić information content (AvgIpc) is 2.55. The summed E-state index contributed by atoms with van der Waals surface area (Å²) in [6, 6.07) is 9.57. The smallest absolute Gasteiger partial charge is 0.169 e. The highest BCUT2D eigenvalue weighted by Gasteiger charge is 2.10. The van der Waals surface area contributed by atoms with Crippen LogP contribution in [0, 0.1) is 11.7 Å². The first-order valence-electron chi connectivity index (χ1n) is 7.35. The van der Waals surface area contributed by atoms with Crippen LogP contribution in [0.5, 0.6) is 28.7 Å². The molecule has 0 radical (unpaired) electrons. The minimum absolute atomic E-state index is 0.120. The predicted molar refractivity (Wildman–Crippen MR) is 86.4 cm³/mol. The van der Waals surface area contributed by atoms with Crippen molar-refractivity contribution in [3.8, 4) is 28.7 Å². The summed E-state index contributed by atoms with van der Waals surface area (Å²) in [5.74, 6) is 2.05. The van der Waals surface area contributed by atoms with Crippen LogP contribution in [-0.2, 0) is 0 Å². The molecule has 2 rings (SSSR count). The summed E-state index contributed by atoms with van der Waals surface area (Å²) in [5, 5.41) is 0. The fraction of sp³-hybridized carbons (Fsp3) is 0.333. The number of hydrogen-bond donors (Lipinski definition) is 0. The number of rotatable bonds is 7. The van der Waals surface area contributed by atoms with E-state index in [1.54, 1.807) is 37.4 Å². The lowest BCUT2D eigenvalue weighted by Gasteiger charge is -2.12. The largest absolute Gasteiger partial charge is 0.493 e. The Bertz CT molecular complexity index is 655. The van der Waals surface area contributed by atoms with E-state index in [0.717, 1.165) is 0 Å². The van der Waals surface area contributed by atoms with E-state index >= 15 is 0 Å². The molecule has 23 heavy (non-hydrogen) atoms. The third kappa shape index (κ3) is 4.52. The van der Waals surface area contributed by atoms with Crippen molar-refractivity contribution in [2.45, 2.75) is 13.8 Å². The van der Waals surface area contributed by atoms with E-state index in [1.165, 1.54) is 13.2 Å². The van der Waals surface area contributed by atoms with Crippen molar-refractivity contribution in [1.82, 2.24) is 0 Å². The van der Waals surface area contributed by atoms with E-state index in [0.29, 0.717) is 35.5 Å². The number of methoxy groups -OCH3 is 2. The van der Waals surface area contributed by atoms with Gasteiger partial charge in [-0.3, -0.25) is 0 Å². The third-order valence-electron chi connectivity index (χ3n) is 3.07. The molecule has 0 aliphatic heterocycles. The second-order valence-corrected chi connectivity index (χ2v) is 5.42. The first-order valence-corrected chi connectivity index (χ1v) is 7.35. The highest BCUT2D eigenvalue weighted by atomic mass is 19.1. The molecule has 0 amide bonds. The lowest BCUT2D eigenvalue weighted by atomic mass is 10.2. The minimum atomic E-state index is -0.485. The maximum Gasteiger partial charge on any atom is 0.169 e. The lowest BCUT2D eigenvalue weighted by molar-refractivity contribution is 0.269. The normalized spacial score (nSPS) is 10.5. The van der Waals surface area contributed by atoms with Crippen LogP contribution in [0.25, 0.3) is 0 Å². The highest BCUT2D eigenvalue weighted by molar-refractivity contribution is 5.47. The average molecular weight is 320 g/mol. The van der Waals surface area contributed by atoms with Crippen LogP contribution in [0.1, 0.15) is 13.8 Å². The number of ether oxygens (including phenoxy) is 4. The van der Waals surface area contributed by atoms with Gasteiger partial charge in [0.1, 0.15) is 11.5 Å². The van der Waals surface area contributed by atoms with Crippen LogP contribution in [0.3, 0.4) is 0 Å². The summed E-state index contributed by atoms with van der Waals surface area (Å²) in [6.07, 6.45) is 0. The molecular weight excluding hydrogens is 299 g/mol. The molecule has 0 fully saturated rings. The maximum absolute atomic E-state index is 14.1. The van der Waals surface area contributed by atoms with Crippen LogP contribution in [0.4, 0.5) is 4.39 Å². The molecule has 0 saturated heterocycles. The Hall–Kier alpha value is -2.43. The van der Waals surface area contributed by atoms with Crippen LogP contribution in [-0.4, -0.2) is 20.8 Å². The van der Waals surface area contributed by atoms with Crippen molar-refractivity contribution in [3.63, 3.8) is 0 Å². The van der Waals surface area contributed by atoms with Crippen molar-refractivity contribution in [2.24, 2.45) is 5.92 Å². The zero-order valence-electron chi connectivity index (χ0n) is 13.8. The Morgan fingerprint density at radius 2 is 1.52 bits per heavy atom. The monoisotopic (exact) mass is 320 g/mol. The lowest BCUT2D eigenvalue weighted by Crippen LogP contribution is -2.04. The molecule has 0 N–H and O–H groups in total. The molecule has 5 heteroatoms. The second kappa shape index (κ2) is 7.72. The van der Waals surface area contributed by atoms with Gasteiger partial charge in [0.2, 0.25) is 0 Å². The molecule has 0 heterocycles. The molecule has 124 valence electrons. The van der Waals surface area contributed by atoms with Crippen LogP contribution >= 0.6 is 0 Å². The van der Waals surface area contributed by atoms with Gasteiger partial charge < -0.3 is 18.9 Å². The zero-order chi connectivity index (χ0) is 16.8. The minimum Gasteiger partial charge on any atom is -0.493 e. The van der Waals surface area contributed by atoms with E-state index in [-0.39, 0.29) is 5.75 Å². The summed E-state index contributed by atoms with van der Waals surface area (Å²) < 4.78 is 35.5. The van der Waals surface area contributed by atoms with Crippen molar-refractivity contribution >= 4 is 0 Å². The Kier molecular flexibility index (Phi) is 5.68. The molecule has 0 aliphatic rings. The van der Waals surface area contributed by atoms with Crippen LogP contribution in [0.15, 0.2) is 36.4 Å². The van der Waals surface area contributed by atoms with E-state index in [1.807, 2.05) is 13.8 Å². The molecule has 0 spiro atoms. The molecule has 0 aliphatic carbocycles. The van der Waals surface area contributed by atoms with Crippen LogP contribution < -0.4 is 18.9 Å². The summed E-state index contributed by atoms with van der Waals surface area (Å²) in [6.45, 7) is 4.60. The molecule has 0 unspecified atom stereocenters. The highest BCUT2D eigenvalue weighted by Crippen LogP contribution is 2.34. The topological polar surface area (TPSA) is 36.9 Å². The Morgan fingerprint density at radius 1 is 0.870 bits per heavy atom. The van der Waals surface area contributed by atoms with Crippen molar-refractivity contribution < 1.29 is 23.3 Å². The molecule has 2 aromatic carbocycles. The van der Waals surface area contributed by atoms with E-state index in [4.69, 9.17) is 18.9 Å². The Labute approximate surface area is 135 Å². The molecule has 4 nitrogen and oxygen atoms in total. The van der Waals surface area contributed by atoms with Crippen molar-refractivity contribution in [2.75, 3.05) is 20.8 Å². The molecule has 0 aromatic heterocycles. The number of halogens is 1. The summed E-state index contributed by atoms with van der Waals surface area (Å²) in [5.41, 5.74) is 0. The third-order valence-corrected chi connectivity index (χ3v) is 3.07. The van der Waals surface area contributed by atoms with Crippen LogP contribution in [0.2, 0.25) is 0 Å². The fourth-order valence-corrected chi connectivity index (χ4v) is 1.92. The predicted octanol–water partition coefficient (Wildman–Crippen LogP) is 4.67. The Morgan fingerprint density at radius 3 is 2.13 bits per heavy atom. The van der Waals surface area contributed by atoms with Gasteiger partial charge in [0.25, 0.3) is 0 Å². The SMILES string of the molecule is COc1ccc(Oc2ccc(OCC(C)C)cc2F)cc1OC. The Balaban J connectivity index is 2.14. The first kappa shape index (κ1) is 16.9. The number of benzene rings is 2. The van der Waals surface area contributed by atoms with E-state index in [9.17, 15) is 4.39 Å².